The third-order valence-electron chi connectivity index (χ3n) is 2.70. The van der Waals surface area contributed by atoms with Gasteiger partial charge in [0, 0.05) is 11.6 Å². The predicted octanol–water partition coefficient (Wildman–Crippen LogP) is 3.94. The van der Waals surface area contributed by atoms with Crippen LogP contribution in [0.2, 0.25) is 10.0 Å². The van der Waals surface area contributed by atoms with Gasteiger partial charge in [0.1, 0.15) is 0 Å². The average molecular weight is 303 g/mol. The standard InChI is InChI=1S/C14H20Cl2N2O/c1-14(2,3)7-9(8-17)13(19)18-12-6-10(15)4-5-11(12)16/h4-6,9H,7-8,17H2,1-3H3,(H,18,19). The first-order chi connectivity index (χ1) is 8.73. The lowest BCUT2D eigenvalue weighted by atomic mass is 9.84. The maximum absolute atomic E-state index is 12.2. The normalized spacial score (nSPS) is 13.2. The third-order valence-corrected chi connectivity index (χ3v) is 3.27. The molecule has 19 heavy (non-hydrogen) atoms. The largest absolute Gasteiger partial charge is 0.330 e. The molecule has 0 heterocycles. The maximum atomic E-state index is 12.2. The second kappa shape index (κ2) is 6.60. The highest BCUT2D eigenvalue weighted by Gasteiger charge is 2.24. The molecular weight excluding hydrogens is 283 g/mol. The van der Waals surface area contributed by atoms with E-state index in [0.717, 1.165) is 0 Å². The van der Waals surface area contributed by atoms with Gasteiger partial charge in [0.05, 0.1) is 16.6 Å². The number of hydrogen-bond acceptors (Lipinski definition) is 2. The molecule has 0 spiro atoms. The molecule has 0 bridgehead atoms. The minimum absolute atomic E-state index is 0.0412. The van der Waals surface area contributed by atoms with Gasteiger partial charge < -0.3 is 11.1 Å². The number of nitrogens with two attached hydrogens (primary N) is 1. The van der Waals surface area contributed by atoms with Crippen molar-refractivity contribution in [2.24, 2.45) is 17.1 Å². The zero-order chi connectivity index (χ0) is 14.6. The zero-order valence-electron chi connectivity index (χ0n) is 11.5. The number of rotatable bonds is 4. The van der Waals surface area contributed by atoms with E-state index in [4.69, 9.17) is 28.9 Å². The first kappa shape index (κ1) is 16.3. The van der Waals surface area contributed by atoms with Crippen molar-refractivity contribution in [1.29, 1.82) is 0 Å². The molecule has 1 aromatic carbocycles. The molecular formula is C14H20Cl2N2O. The van der Waals surface area contributed by atoms with Crippen LogP contribution in [0.4, 0.5) is 5.69 Å². The van der Waals surface area contributed by atoms with Crippen LogP contribution >= 0.6 is 23.2 Å². The second-order valence-electron chi connectivity index (χ2n) is 5.81. The second-order valence-corrected chi connectivity index (χ2v) is 6.65. The molecule has 1 atom stereocenters. The van der Waals surface area contributed by atoms with Crippen LogP contribution in [0.3, 0.4) is 0 Å². The fourth-order valence-corrected chi connectivity index (χ4v) is 2.19. The summed E-state index contributed by atoms with van der Waals surface area (Å²) < 4.78 is 0. The number of carbonyl (C=O) groups excluding carboxylic acids is 1. The Morgan fingerprint density at radius 1 is 1.37 bits per heavy atom. The summed E-state index contributed by atoms with van der Waals surface area (Å²) in [7, 11) is 0. The van der Waals surface area contributed by atoms with Crippen molar-refractivity contribution in [3.8, 4) is 0 Å². The van der Waals surface area contributed by atoms with Gasteiger partial charge in [-0.25, -0.2) is 0 Å². The van der Waals surface area contributed by atoms with Crippen LogP contribution in [0.5, 0.6) is 0 Å². The summed E-state index contributed by atoms with van der Waals surface area (Å²) in [5.74, 6) is -0.364. The lowest BCUT2D eigenvalue weighted by Crippen LogP contribution is -2.32. The van der Waals surface area contributed by atoms with Gasteiger partial charge in [0.25, 0.3) is 0 Å². The molecule has 0 aliphatic heterocycles. The monoisotopic (exact) mass is 302 g/mol. The molecule has 5 heteroatoms. The van der Waals surface area contributed by atoms with Crippen LogP contribution in [0.1, 0.15) is 27.2 Å². The molecule has 0 saturated heterocycles. The average Bonchev–Trinajstić information content (AvgIpc) is 2.29. The van der Waals surface area contributed by atoms with Gasteiger partial charge >= 0.3 is 0 Å². The van der Waals surface area contributed by atoms with E-state index in [0.29, 0.717) is 28.7 Å². The topological polar surface area (TPSA) is 55.1 Å². The molecule has 0 aromatic heterocycles. The smallest absolute Gasteiger partial charge is 0.228 e. The van der Waals surface area contributed by atoms with Crippen molar-refractivity contribution < 1.29 is 4.79 Å². The Morgan fingerprint density at radius 3 is 2.53 bits per heavy atom. The molecule has 3 N–H and O–H groups in total. The van der Waals surface area contributed by atoms with E-state index in [-0.39, 0.29) is 17.2 Å². The van der Waals surface area contributed by atoms with E-state index >= 15 is 0 Å². The third kappa shape index (κ3) is 5.39. The Bertz CT molecular complexity index is 455. The molecule has 1 rings (SSSR count). The number of anilines is 1. The van der Waals surface area contributed by atoms with Crippen molar-refractivity contribution >= 4 is 34.8 Å². The SMILES string of the molecule is CC(C)(C)CC(CN)C(=O)Nc1cc(Cl)ccc1Cl. The van der Waals surface area contributed by atoms with Gasteiger partial charge in [-0.1, -0.05) is 44.0 Å². The quantitative estimate of drug-likeness (QED) is 0.885. The molecule has 0 aliphatic rings. The number of halogens is 2. The van der Waals surface area contributed by atoms with Crippen LogP contribution in [0.15, 0.2) is 18.2 Å². The number of hydrogen-bond donors (Lipinski definition) is 2. The maximum Gasteiger partial charge on any atom is 0.228 e. The molecule has 3 nitrogen and oxygen atoms in total. The molecule has 0 saturated carbocycles. The number of nitrogens with one attached hydrogen (secondary N) is 1. The van der Waals surface area contributed by atoms with E-state index < -0.39 is 0 Å². The van der Waals surface area contributed by atoms with Crippen molar-refractivity contribution in [3.05, 3.63) is 28.2 Å². The highest BCUT2D eigenvalue weighted by molar-refractivity contribution is 6.35. The lowest BCUT2D eigenvalue weighted by molar-refractivity contribution is -0.120. The molecule has 0 radical (unpaired) electrons. The molecule has 1 unspecified atom stereocenters. The van der Waals surface area contributed by atoms with Gasteiger partial charge in [-0.3, -0.25) is 4.79 Å². The van der Waals surface area contributed by atoms with Crippen LogP contribution in [-0.2, 0) is 4.79 Å². The minimum atomic E-state index is -0.241. The Hall–Kier alpha value is -0.770. The Labute approximate surface area is 124 Å². The highest BCUT2D eigenvalue weighted by Crippen LogP contribution is 2.28. The minimum Gasteiger partial charge on any atom is -0.330 e. The first-order valence-corrected chi connectivity index (χ1v) is 6.94. The van der Waals surface area contributed by atoms with Crippen molar-refractivity contribution in [3.63, 3.8) is 0 Å². The fourth-order valence-electron chi connectivity index (χ4n) is 1.85. The fraction of sp³-hybridized carbons (Fsp3) is 0.500. The summed E-state index contributed by atoms with van der Waals surface area (Å²) in [6.45, 7) is 6.54. The summed E-state index contributed by atoms with van der Waals surface area (Å²) in [5.41, 5.74) is 6.24. The number of carbonyl (C=O) groups is 1. The van der Waals surface area contributed by atoms with Gasteiger partial charge in [0.15, 0.2) is 0 Å². The van der Waals surface area contributed by atoms with E-state index in [1.54, 1.807) is 18.2 Å². The number of benzene rings is 1. The summed E-state index contributed by atoms with van der Waals surface area (Å²) in [6.07, 6.45) is 0.716. The first-order valence-electron chi connectivity index (χ1n) is 6.19. The molecule has 106 valence electrons. The van der Waals surface area contributed by atoms with Crippen LogP contribution in [-0.4, -0.2) is 12.5 Å². The Kier molecular flexibility index (Phi) is 5.65. The van der Waals surface area contributed by atoms with Crippen LogP contribution in [0.25, 0.3) is 0 Å². The molecule has 0 aliphatic carbocycles. The van der Waals surface area contributed by atoms with Gasteiger partial charge in [-0.05, 0) is 30.0 Å². The van der Waals surface area contributed by atoms with Gasteiger partial charge in [-0.2, -0.15) is 0 Å². The van der Waals surface area contributed by atoms with Crippen LogP contribution in [0, 0.1) is 11.3 Å². The summed E-state index contributed by atoms with van der Waals surface area (Å²) >= 11 is 11.9. The van der Waals surface area contributed by atoms with E-state index in [9.17, 15) is 4.79 Å². The van der Waals surface area contributed by atoms with E-state index in [1.165, 1.54) is 0 Å². The predicted molar refractivity (Wildman–Crippen MR) is 81.7 cm³/mol. The van der Waals surface area contributed by atoms with Gasteiger partial charge in [-0.15, -0.1) is 0 Å². The highest BCUT2D eigenvalue weighted by atomic mass is 35.5. The van der Waals surface area contributed by atoms with Crippen molar-refractivity contribution in [2.75, 3.05) is 11.9 Å². The van der Waals surface area contributed by atoms with Gasteiger partial charge in [0.2, 0.25) is 5.91 Å². The Morgan fingerprint density at radius 2 is 2.00 bits per heavy atom. The lowest BCUT2D eigenvalue weighted by Gasteiger charge is -2.24. The molecule has 1 aromatic rings. The Balaban J connectivity index is 2.80. The van der Waals surface area contributed by atoms with E-state index in [2.05, 4.69) is 26.1 Å². The molecule has 0 fully saturated rings. The number of amides is 1. The summed E-state index contributed by atoms with van der Waals surface area (Å²) in [6, 6.07) is 4.96. The van der Waals surface area contributed by atoms with Crippen LogP contribution < -0.4 is 11.1 Å². The van der Waals surface area contributed by atoms with Crippen molar-refractivity contribution in [1.82, 2.24) is 0 Å². The summed E-state index contributed by atoms with van der Waals surface area (Å²) in [5, 5.41) is 3.78. The summed E-state index contributed by atoms with van der Waals surface area (Å²) in [4.78, 5) is 12.2. The molecule has 1 amide bonds. The van der Waals surface area contributed by atoms with E-state index in [1.807, 2.05) is 0 Å². The zero-order valence-corrected chi connectivity index (χ0v) is 13.0. The van der Waals surface area contributed by atoms with Crippen molar-refractivity contribution in [2.45, 2.75) is 27.2 Å².